The second-order valence-electron chi connectivity index (χ2n) is 7.94. The van der Waals surface area contributed by atoms with Gasteiger partial charge in [-0.15, -0.1) is 0 Å². The smallest absolute Gasteiger partial charge is 0.478 e. The molecular weight excluding hydrogens is 411 g/mol. The Bertz CT molecular complexity index is 903. The molecule has 0 aliphatic carbocycles. The number of carboxylic acids is 2. The minimum atomic E-state index is -5.08. The molecule has 2 fully saturated rings. The van der Waals surface area contributed by atoms with E-state index in [-0.39, 0.29) is 0 Å². The number of benzene rings is 2. The molecule has 0 saturated carbocycles. The van der Waals surface area contributed by atoms with Crippen LogP contribution in [0.5, 0.6) is 0 Å². The average molecular weight is 435 g/mol. The van der Waals surface area contributed by atoms with Crippen LogP contribution in [0.3, 0.4) is 0 Å². The van der Waals surface area contributed by atoms with Crippen LogP contribution in [0, 0.1) is 0 Å². The van der Waals surface area contributed by atoms with Gasteiger partial charge in [-0.25, -0.2) is 9.59 Å². The van der Waals surface area contributed by atoms with Crippen molar-refractivity contribution in [2.75, 3.05) is 0 Å². The van der Waals surface area contributed by atoms with Gasteiger partial charge in [-0.1, -0.05) is 42.5 Å². The van der Waals surface area contributed by atoms with E-state index in [4.69, 9.17) is 9.90 Å². The van der Waals surface area contributed by atoms with E-state index in [9.17, 15) is 23.1 Å². The molecule has 4 rings (SSSR count). The SMILES string of the molecule is O=C(O)C(F)(F)F.O=C(O)c1cccc(CN2[C@@H]3CC[C@H]2CC(c2ccccc2)C3)c1. The summed E-state index contributed by atoms with van der Waals surface area (Å²) in [5.41, 5.74) is 2.98. The van der Waals surface area contributed by atoms with Crippen molar-refractivity contribution in [3.63, 3.8) is 0 Å². The topological polar surface area (TPSA) is 77.8 Å². The molecule has 31 heavy (non-hydrogen) atoms. The molecule has 2 heterocycles. The van der Waals surface area contributed by atoms with Gasteiger partial charge < -0.3 is 10.2 Å². The summed E-state index contributed by atoms with van der Waals surface area (Å²) in [4.78, 5) is 22.7. The van der Waals surface area contributed by atoms with Crippen LogP contribution in [-0.4, -0.2) is 45.3 Å². The summed E-state index contributed by atoms with van der Waals surface area (Å²) >= 11 is 0. The van der Waals surface area contributed by atoms with Gasteiger partial charge in [-0.05, 0) is 54.9 Å². The molecule has 8 heteroatoms. The number of carbonyl (C=O) groups is 2. The van der Waals surface area contributed by atoms with Crippen LogP contribution >= 0.6 is 0 Å². The van der Waals surface area contributed by atoms with Crippen molar-refractivity contribution in [1.29, 1.82) is 0 Å². The van der Waals surface area contributed by atoms with Gasteiger partial charge in [-0.3, -0.25) is 4.90 Å². The molecule has 0 radical (unpaired) electrons. The number of rotatable bonds is 4. The highest BCUT2D eigenvalue weighted by Gasteiger charge is 2.41. The normalized spacial score (nSPS) is 23.0. The molecule has 2 aliphatic heterocycles. The molecule has 3 atom stereocenters. The van der Waals surface area contributed by atoms with E-state index in [0.717, 1.165) is 12.1 Å². The van der Waals surface area contributed by atoms with Crippen LogP contribution in [0.2, 0.25) is 0 Å². The van der Waals surface area contributed by atoms with Gasteiger partial charge in [0.05, 0.1) is 5.56 Å². The highest BCUT2D eigenvalue weighted by molar-refractivity contribution is 5.87. The van der Waals surface area contributed by atoms with Crippen molar-refractivity contribution in [2.45, 2.75) is 56.4 Å². The quantitative estimate of drug-likeness (QED) is 0.712. The third-order valence-electron chi connectivity index (χ3n) is 5.94. The average Bonchev–Trinajstić information content (AvgIpc) is 2.96. The van der Waals surface area contributed by atoms with Crippen LogP contribution < -0.4 is 0 Å². The number of hydrogen-bond donors (Lipinski definition) is 2. The molecule has 5 nitrogen and oxygen atoms in total. The summed E-state index contributed by atoms with van der Waals surface area (Å²) in [6, 6.07) is 19.5. The van der Waals surface area contributed by atoms with Gasteiger partial charge in [0.25, 0.3) is 0 Å². The number of halogens is 3. The Morgan fingerprint density at radius 1 is 0.935 bits per heavy atom. The first-order valence-corrected chi connectivity index (χ1v) is 10.1. The highest BCUT2D eigenvalue weighted by Crippen LogP contribution is 2.43. The van der Waals surface area contributed by atoms with E-state index >= 15 is 0 Å². The van der Waals surface area contributed by atoms with Crippen molar-refractivity contribution in [3.05, 3.63) is 71.3 Å². The predicted molar refractivity (Wildman–Crippen MR) is 108 cm³/mol. The van der Waals surface area contributed by atoms with Crippen LogP contribution in [0.1, 0.15) is 53.1 Å². The first-order chi connectivity index (χ1) is 14.6. The fourth-order valence-electron chi connectivity index (χ4n) is 4.54. The Labute approximate surface area is 178 Å². The third kappa shape index (κ3) is 5.85. The summed E-state index contributed by atoms with van der Waals surface area (Å²) in [5.74, 6) is -2.93. The summed E-state index contributed by atoms with van der Waals surface area (Å²) in [7, 11) is 0. The zero-order valence-electron chi connectivity index (χ0n) is 16.8. The van der Waals surface area contributed by atoms with E-state index in [1.807, 2.05) is 12.1 Å². The molecule has 0 spiro atoms. The van der Waals surface area contributed by atoms with Crippen LogP contribution in [0.25, 0.3) is 0 Å². The minimum Gasteiger partial charge on any atom is -0.478 e. The zero-order valence-corrected chi connectivity index (χ0v) is 16.8. The molecule has 2 saturated heterocycles. The number of alkyl halides is 3. The van der Waals surface area contributed by atoms with Gasteiger partial charge in [0.15, 0.2) is 0 Å². The molecule has 0 amide bonds. The van der Waals surface area contributed by atoms with Gasteiger partial charge in [0.2, 0.25) is 0 Å². The van der Waals surface area contributed by atoms with Crippen molar-refractivity contribution in [2.24, 2.45) is 0 Å². The van der Waals surface area contributed by atoms with E-state index in [1.54, 1.807) is 6.07 Å². The molecular formula is C23H24F3NO4. The van der Waals surface area contributed by atoms with Crippen molar-refractivity contribution >= 4 is 11.9 Å². The lowest BCUT2D eigenvalue weighted by Gasteiger charge is -2.39. The summed E-state index contributed by atoms with van der Waals surface area (Å²) in [6.07, 6.45) is -0.0997. The maximum atomic E-state index is 11.2. The van der Waals surface area contributed by atoms with Gasteiger partial charge in [-0.2, -0.15) is 13.2 Å². The molecule has 166 valence electrons. The summed E-state index contributed by atoms with van der Waals surface area (Å²) in [6.45, 7) is 0.873. The largest absolute Gasteiger partial charge is 0.490 e. The first kappa shape index (κ1) is 22.8. The predicted octanol–water partition coefficient (Wildman–Crippen LogP) is 4.93. The van der Waals surface area contributed by atoms with Gasteiger partial charge in [0, 0.05) is 18.6 Å². The summed E-state index contributed by atoms with van der Waals surface area (Å²) < 4.78 is 31.7. The lowest BCUT2D eigenvalue weighted by atomic mass is 9.85. The minimum absolute atomic E-state index is 0.388. The number of nitrogens with zero attached hydrogens (tertiary/aromatic N) is 1. The number of aromatic carboxylic acids is 1. The van der Waals surface area contributed by atoms with Crippen molar-refractivity contribution in [1.82, 2.24) is 4.90 Å². The van der Waals surface area contributed by atoms with Crippen LogP contribution in [-0.2, 0) is 11.3 Å². The maximum Gasteiger partial charge on any atom is 0.490 e. The molecule has 2 aliphatic rings. The number of hydrogen-bond acceptors (Lipinski definition) is 3. The second kappa shape index (κ2) is 9.51. The number of carboxylic acid groups (broad SMARTS) is 2. The molecule has 2 aromatic rings. The Hall–Kier alpha value is -2.87. The molecule has 0 aromatic heterocycles. The van der Waals surface area contributed by atoms with Crippen molar-refractivity contribution in [3.8, 4) is 0 Å². The molecule has 1 unspecified atom stereocenters. The van der Waals surface area contributed by atoms with E-state index in [1.165, 1.54) is 31.2 Å². The monoisotopic (exact) mass is 435 g/mol. The fraction of sp³-hybridized carbons (Fsp3) is 0.391. The van der Waals surface area contributed by atoms with Gasteiger partial charge in [0.1, 0.15) is 0 Å². The first-order valence-electron chi connectivity index (χ1n) is 10.1. The number of fused-ring (bicyclic) bond motifs is 2. The molecule has 2 N–H and O–H groups in total. The lowest BCUT2D eigenvalue weighted by Crippen LogP contribution is -2.41. The zero-order chi connectivity index (χ0) is 22.6. The number of piperidine rings is 1. The second-order valence-corrected chi connectivity index (χ2v) is 7.94. The van der Waals surface area contributed by atoms with Crippen LogP contribution in [0.4, 0.5) is 13.2 Å². The standard InChI is InChI=1S/C21H23NO2.C2HF3O2/c23-21(24)17-8-4-5-15(11-17)14-22-19-9-10-20(22)13-18(12-19)16-6-2-1-3-7-16;3-2(4,5)1(6)7/h1-8,11,18-20H,9-10,12-14H2,(H,23,24);(H,6,7)/t18?,19-,20+;. The molecule has 2 bridgehead atoms. The lowest BCUT2D eigenvalue weighted by molar-refractivity contribution is -0.192. The Morgan fingerprint density at radius 3 is 2.03 bits per heavy atom. The summed E-state index contributed by atoms with van der Waals surface area (Å²) in [5, 5.41) is 16.3. The highest BCUT2D eigenvalue weighted by atomic mass is 19.4. The maximum absolute atomic E-state index is 11.2. The van der Waals surface area contributed by atoms with E-state index in [2.05, 4.69) is 41.3 Å². The Kier molecular flexibility index (Phi) is 7.00. The number of aliphatic carboxylic acids is 1. The van der Waals surface area contributed by atoms with Crippen LogP contribution in [0.15, 0.2) is 54.6 Å². The Balaban J connectivity index is 0.000000339. The van der Waals surface area contributed by atoms with Crippen molar-refractivity contribution < 1.29 is 33.0 Å². The Morgan fingerprint density at radius 2 is 1.52 bits per heavy atom. The fourth-order valence-corrected chi connectivity index (χ4v) is 4.54. The van der Waals surface area contributed by atoms with E-state index < -0.39 is 18.1 Å². The van der Waals surface area contributed by atoms with E-state index in [0.29, 0.717) is 23.6 Å². The van der Waals surface area contributed by atoms with Gasteiger partial charge >= 0.3 is 18.1 Å². The third-order valence-corrected chi connectivity index (χ3v) is 5.94. The molecule has 2 aromatic carbocycles.